The second-order valence-electron chi connectivity index (χ2n) is 6.80. The van der Waals surface area contributed by atoms with Gasteiger partial charge >= 0.3 is 0 Å². The summed E-state index contributed by atoms with van der Waals surface area (Å²) in [7, 11) is 0. The van der Waals surface area contributed by atoms with Crippen molar-refractivity contribution in [1.82, 2.24) is 20.6 Å². The number of halogens is 1. The van der Waals surface area contributed by atoms with Gasteiger partial charge in [0.1, 0.15) is 0 Å². The number of hydrazine groups is 1. The Morgan fingerprint density at radius 2 is 1.65 bits per heavy atom. The van der Waals surface area contributed by atoms with Crippen molar-refractivity contribution in [2.75, 3.05) is 0 Å². The molecule has 2 N–H and O–H groups in total. The molecule has 0 radical (unpaired) electrons. The van der Waals surface area contributed by atoms with E-state index in [1.165, 1.54) is 0 Å². The van der Waals surface area contributed by atoms with E-state index in [-0.39, 0.29) is 24.7 Å². The lowest BCUT2D eigenvalue weighted by Crippen LogP contribution is -2.43. The highest BCUT2D eigenvalue weighted by Gasteiger charge is 2.16. The van der Waals surface area contributed by atoms with Gasteiger partial charge in [0.05, 0.1) is 18.5 Å². The molecule has 0 saturated carbocycles. The minimum Gasteiger partial charge on any atom is -0.273 e. The molecule has 0 fully saturated rings. The summed E-state index contributed by atoms with van der Waals surface area (Å²) in [5.74, 6) is -0.0868. The van der Waals surface area contributed by atoms with Gasteiger partial charge in [0, 0.05) is 22.8 Å². The van der Waals surface area contributed by atoms with Gasteiger partial charge in [0.15, 0.2) is 0 Å². The largest absolute Gasteiger partial charge is 0.273 e. The molecule has 7 heteroatoms. The molecule has 0 atom stereocenters. The quantitative estimate of drug-likeness (QED) is 0.761. The van der Waals surface area contributed by atoms with E-state index in [1.807, 2.05) is 18.5 Å². The van der Waals surface area contributed by atoms with Gasteiger partial charge in [0.2, 0.25) is 11.8 Å². The fourth-order valence-corrected chi connectivity index (χ4v) is 2.82. The molecule has 0 saturated heterocycles. The number of aryl methyl sites for hydroxylation is 1. The van der Waals surface area contributed by atoms with Gasteiger partial charge in [-0.1, -0.05) is 37.6 Å². The van der Waals surface area contributed by atoms with Crippen molar-refractivity contribution < 1.29 is 9.59 Å². The van der Waals surface area contributed by atoms with E-state index in [4.69, 9.17) is 11.6 Å². The molecular formula is C19H25ClN4O2. The average Bonchev–Trinajstić information content (AvgIpc) is 2.82. The van der Waals surface area contributed by atoms with E-state index in [0.29, 0.717) is 10.9 Å². The van der Waals surface area contributed by atoms with Gasteiger partial charge in [-0.2, -0.15) is 5.10 Å². The van der Waals surface area contributed by atoms with Crippen molar-refractivity contribution in [3.8, 4) is 0 Å². The zero-order valence-corrected chi connectivity index (χ0v) is 16.4. The average molecular weight is 377 g/mol. The van der Waals surface area contributed by atoms with Crippen LogP contribution in [0.15, 0.2) is 24.3 Å². The number of rotatable bonds is 6. The minimum atomic E-state index is -0.287. The molecule has 0 aliphatic carbocycles. The first-order chi connectivity index (χ1) is 12.3. The molecule has 0 bridgehead atoms. The number of carbonyl (C=O) groups excluding carboxylic acids is 2. The molecule has 140 valence electrons. The lowest BCUT2D eigenvalue weighted by atomic mass is 10.1. The molecule has 0 aliphatic rings. The summed E-state index contributed by atoms with van der Waals surface area (Å²) in [6.07, 6.45) is 0.346. The van der Waals surface area contributed by atoms with E-state index in [0.717, 1.165) is 29.1 Å². The first kappa shape index (κ1) is 20.0. The van der Waals surface area contributed by atoms with Crippen molar-refractivity contribution in [2.24, 2.45) is 5.92 Å². The summed E-state index contributed by atoms with van der Waals surface area (Å²) < 4.78 is 1.93. The fraction of sp³-hybridized carbons (Fsp3) is 0.421. The number of nitrogens with zero attached hydrogens (tertiary/aromatic N) is 2. The zero-order chi connectivity index (χ0) is 19.3. The van der Waals surface area contributed by atoms with Crippen LogP contribution in [0.1, 0.15) is 36.4 Å². The van der Waals surface area contributed by atoms with E-state index < -0.39 is 0 Å². The van der Waals surface area contributed by atoms with Gasteiger partial charge in [-0.25, -0.2) is 0 Å². The summed E-state index contributed by atoms with van der Waals surface area (Å²) in [5.41, 5.74) is 8.45. The number of aromatic nitrogens is 2. The smallest absolute Gasteiger partial charge is 0.242 e. The van der Waals surface area contributed by atoms with Gasteiger partial charge in [-0.15, -0.1) is 0 Å². The second kappa shape index (κ2) is 8.85. The van der Waals surface area contributed by atoms with Crippen LogP contribution in [-0.4, -0.2) is 21.6 Å². The van der Waals surface area contributed by atoms with E-state index >= 15 is 0 Å². The fourth-order valence-electron chi connectivity index (χ4n) is 2.69. The Bertz CT molecular complexity index is 782. The van der Waals surface area contributed by atoms with Crippen LogP contribution in [0.3, 0.4) is 0 Å². The van der Waals surface area contributed by atoms with Crippen LogP contribution in [-0.2, 0) is 29.0 Å². The predicted molar refractivity (Wildman–Crippen MR) is 102 cm³/mol. The van der Waals surface area contributed by atoms with Crippen LogP contribution in [0.5, 0.6) is 0 Å². The zero-order valence-electron chi connectivity index (χ0n) is 15.6. The topological polar surface area (TPSA) is 76.0 Å². The van der Waals surface area contributed by atoms with Gasteiger partial charge in [-0.05, 0) is 37.5 Å². The van der Waals surface area contributed by atoms with Crippen LogP contribution in [0.4, 0.5) is 0 Å². The van der Waals surface area contributed by atoms with Gasteiger partial charge in [-0.3, -0.25) is 25.1 Å². The maximum absolute atomic E-state index is 12.2. The summed E-state index contributed by atoms with van der Waals surface area (Å²) in [4.78, 5) is 24.1. The molecule has 1 heterocycles. The molecule has 0 spiro atoms. The van der Waals surface area contributed by atoms with Crippen LogP contribution >= 0.6 is 11.6 Å². The number of carbonyl (C=O) groups is 2. The lowest BCUT2D eigenvalue weighted by Gasteiger charge is -2.09. The van der Waals surface area contributed by atoms with Crippen LogP contribution in [0.25, 0.3) is 0 Å². The molecule has 1 aromatic heterocycles. The third kappa shape index (κ3) is 5.59. The Hall–Kier alpha value is -2.34. The van der Waals surface area contributed by atoms with Crippen molar-refractivity contribution in [3.63, 3.8) is 0 Å². The number of amides is 2. The summed E-state index contributed by atoms with van der Waals surface area (Å²) in [5, 5.41) is 5.12. The molecule has 0 unspecified atom stereocenters. The maximum atomic E-state index is 12.2. The first-order valence-electron chi connectivity index (χ1n) is 8.61. The monoisotopic (exact) mass is 376 g/mol. The third-order valence-corrected chi connectivity index (χ3v) is 4.28. The van der Waals surface area contributed by atoms with Crippen LogP contribution in [0, 0.1) is 19.8 Å². The number of hydrogen-bond donors (Lipinski definition) is 2. The van der Waals surface area contributed by atoms with Crippen LogP contribution in [0.2, 0.25) is 5.02 Å². The maximum Gasteiger partial charge on any atom is 0.242 e. The Morgan fingerprint density at radius 3 is 2.23 bits per heavy atom. The van der Waals surface area contributed by atoms with E-state index in [1.54, 1.807) is 24.3 Å². The van der Waals surface area contributed by atoms with Crippen molar-refractivity contribution in [1.29, 1.82) is 0 Å². The van der Waals surface area contributed by atoms with Crippen molar-refractivity contribution in [3.05, 3.63) is 51.8 Å². The lowest BCUT2D eigenvalue weighted by molar-refractivity contribution is -0.128. The highest BCUT2D eigenvalue weighted by atomic mass is 35.5. The SMILES string of the molecule is Cc1nn(CC(C)C)c(C)c1CC(=O)NNC(=O)Cc1ccc(Cl)cc1. The first-order valence-corrected chi connectivity index (χ1v) is 8.99. The van der Waals surface area contributed by atoms with E-state index in [9.17, 15) is 9.59 Å². The Kier molecular flexibility index (Phi) is 6.80. The Labute approximate surface area is 158 Å². The highest BCUT2D eigenvalue weighted by Crippen LogP contribution is 2.15. The molecule has 2 aromatic rings. The molecular weight excluding hydrogens is 352 g/mol. The summed E-state index contributed by atoms with van der Waals surface area (Å²) in [6.45, 7) is 8.92. The number of nitrogens with one attached hydrogen (secondary N) is 2. The molecule has 2 rings (SSSR count). The van der Waals surface area contributed by atoms with Crippen molar-refractivity contribution >= 4 is 23.4 Å². The predicted octanol–water partition coefficient (Wildman–Crippen LogP) is 2.74. The standard InChI is InChI=1S/C19H25ClN4O2/c1-12(2)11-24-14(4)17(13(3)23-24)10-19(26)22-21-18(25)9-15-5-7-16(20)8-6-15/h5-8,12H,9-11H2,1-4H3,(H,21,25)(H,22,26). The minimum absolute atomic E-state index is 0.168. The molecule has 6 nitrogen and oxygen atoms in total. The molecule has 0 aliphatic heterocycles. The van der Waals surface area contributed by atoms with Crippen LogP contribution < -0.4 is 10.9 Å². The number of hydrogen-bond acceptors (Lipinski definition) is 3. The normalized spacial score (nSPS) is 10.8. The number of benzene rings is 1. The third-order valence-electron chi connectivity index (χ3n) is 4.03. The summed E-state index contributed by atoms with van der Waals surface area (Å²) >= 11 is 5.82. The molecule has 2 amide bonds. The Morgan fingerprint density at radius 1 is 1.08 bits per heavy atom. The molecule has 26 heavy (non-hydrogen) atoms. The van der Waals surface area contributed by atoms with Gasteiger partial charge < -0.3 is 0 Å². The highest BCUT2D eigenvalue weighted by molar-refractivity contribution is 6.30. The second-order valence-corrected chi connectivity index (χ2v) is 7.24. The molecule has 1 aromatic carbocycles. The summed E-state index contributed by atoms with van der Waals surface area (Å²) in [6, 6.07) is 7.01. The Balaban J connectivity index is 1.87. The van der Waals surface area contributed by atoms with Crippen molar-refractivity contribution in [2.45, 2.75) is 47.1 Å². The van der Waals surface area contributed by atoms with Gasteiger partial charge in [0.25, 0.3) is 0 Å². The van der Waals surface area contributed by atoms with E-state index in [2.05, 4.69) is 29.8 Å².